The molecule has 7 heteroatoms. The van der Waals surface area contributed by atoms with Crippen molar-refractivity contribution in [2.75, 3.05) is 11.9 Å². The molecule has 0 atom stereocenters. The number of carbonyl (C=O) groups is 1. The van der Waals surface area contributed by atoms with Crippen molar-refractivity contribution in [3.05, 3.63) is 65.5 Å². The molecule has 2 amide bonds. The molecule has 1 heterocycles. The highest BCUT2D eigenvalue weighted by atomic mass is 35.5. The summed E-state index contributed by atoms with van der Waals surface area (Å²) in [6.07, 6.45) is 0. The van der Waals surface area contributed by atoms with Gasteiger partial charge in [0, 0.05) is 22.8 Å². The van der Waals surface area contributed by atoms with E-state index in [1.807, 2.05) is 49.4 Å². The van der Waals surface area contributed by atoms with Gasteiger partial charge in [-0.3, -0.25) is 0 Å². The summed E-state index contributed by atoms with van der Waals surface area (Å²) in [5.41, 5.74) is 1.54. The summed E-state index contributed by atoms with van der Waals surface area (Å²) < 4.78 is 5.27. The van der Waals surface area contributed by atoms with Gasteiger partial charge in [-0.2, -0.15) is 4.98 Å². The quantitative estimate of drug-likeness (QED) is 0.733. The van der Waals surface area contributed by atoms with Crippen LogP contribution in [0.3, 0.4) is 0 Å². The normalized spacial score (nSPS) is 10.5. The molecule has 0 bridgehead atoms. The van der Waals surface area contributed by atoms with Crippen LogP contribution < -0.4 is 5.32 Å². The lowest BCUT2D eigenvalue weighted by molar-refractivity contribution is 0.203. The predicted octanol–water partition coefficient (Wildman–Crippen LogP) is 4.44. The van der Waals surface area contributed by atoms with Gasteiger partial charge < -0.3 is 14.7 Å². The van der Waals surface area contributed by atoms with E-state index in [-0.39, 0.29) is 12.6 Å². The number of nitrogens with zero attached hydrogens (tertiary/aromatic N) is 3. The molecule has 0 saturated carbocycles. The number of rotatable bonds is 5. The summed E-state index contributed by atoms with van der Waals surface area (Å²) in [6.45, 7) is 2.63. The summed E-state index contributed by atoms with van der Waals surface area (Å²) >= 11 is 5.88. The van der Waals surface area contributed by atoms with Crippen molar-refractivity contribution >= 4 is 23.3 Å². The highest BCUT2D eigenvalue weighted by Crippen LogP contribution is 2.19. The SMILES string of the molecule is CCN(Cc1nc(-c2ccc(Cl)cc2)no1)C(=O)Nc1ccccc1. The van der Waals surface area contributed by atoms with Crippen LogP contribution in [0.15, 0.2) is 59.1 Å². The zero-order valence-electron chi connectivity index (χ0n) is 13.6. The molecule has 0 spiro atoms. The van der Waals surface area contributed by atoms with Gasteiger partial charge in [-0.15, -0.1) is 0 Å². The van der Waals surface area contributed by atoms with E-state index >= 15 is 0 Å². The zero-order valence-corrected chi connectivity index (χ0v) is 14.4. The summed E-state index contributed by atoms with van der Waals surface area (Å²) in [6, 6.07) is 16.2. The molecule has 0 aliphatic heterocycles. The van der Waals surface area contributed by atoms with Crippen LogP contribution in [0.1, 0.15) is 12.8 Å². The largest absolute Gasteiger partial charge is 0.337 e. The van der Waals surface area contributed by atoms with Crippen LogP contribution in [0.4, 0.5) is 10.5 Å². The fourth-order valence-corrected chi connectivity index (χ4v) is 2.38. The molecule has 2 aromatic carbocycles. The van der Waals surface area contributed by atoms with E-state index in [1.54, 1.807) is 17.0 Å². The molecule has 3 aromatic rings. The minimum Gasteiger partial charge on any atom is -0.337 e. The Kier molecular flexibility index (Phi) is 5.30. The lowest BCUT2D eigenvalue weighted by Crippen LogP contribution is -2.34. The number of carbonyl (C=O) groups excluding carboxylic acids is 1. The maximum Gasteiger partial charge on any atom is 0.322 e. The van der Waals surface area contributed by atoms with Crippen LogP contribution in [0.5, 0.6) is 0 Å². The number of hydrogen-bond donors (Lipinski definition) is 1. The third kappa shape index (κ3) is 4.36. The second-order valence-corrected chi connectivity index (χ2v) is 5.77. The number of benzene rings is 2. The Morgan fingerprint density at radius 1 is 1.16 bits per heavy atom. The third-order valence-corrected chi connectivity index (χ3v) is 3.84. The topological polar surface area (TPSA) is 71.3 Å². The van der Waals surface area contributed by atoms with Crippen molar-refractivity contribution in [3.8, 4) is 11.4 Å². The van der Waals surface area contributed by atoms with Crippen molar-refractivity contribution in [2.45, 2.75) is 13.5 Å². The van der Waals surface area contributed by atoms with Crippen molar-refractivity contribution < 1.29 is 9.32 Å². The van der Waals surface area contributed by atoms with E-state index in [4.69, 9.17) is 16.1 Å². The van der Waals surface area contributed by atoms with Crippen LogP contribution >= 0.6 is 11.6 Å². The Morgan fingerprint density at radius 2 is 1.88 bits per heavy atom. The molecule has 3 rings (SSSR count). The van der Waals surface area contributed by atoms with E-state index in [9.17, 15) is 4.79 Å². The van der Waals surface area contributed by atoms with Gasteiger partial charge in [0.25, 0.3) is 0 Å². The Hall–Kier alpha value is -2.86. The van der Waals surface area contributed by atoms with Crippen LogP contribution in [0, 0.1) is 0 Å². The predicted molar refractivity (Wildman–Crippen MR) is 96.3 cm³/mol. The fraction of sp³-hybridized carbons (Fsp3) is 0.167. The van der Waals surface area contributed by atoms with Gasteiger partial charge in [-0.25, -0.2) is 4.79 Å². The molecule has 25 heavy (non-hydrogen) atoms. The van der Waals surface area contributed by atoms with Crippen molar-refractivity contribution in [1.29, 1.82) is 0 Å². The second kappa shape index (κ2) is 7.81. The van der Waals surface area contributed by atoms with Crippen LogP contribution in [0.2, 0.25) is 5.02 Å². The molecule has 0 aliphatic rings. The molecule has 0 fully saturated rings. The minimum atomic E-state index is -0.222. The van der Waals surface area contributed by atoms with Gasteiger partial charge in [0.1, 0.15) is 6.54 Å². The monoisotopic (exact) mass is 356 g/mol. The fourth-order valence-electron chi connectivity index (χ4n) is 2.25. The molecule has 0 radical (unpaired) electrons. The Morgan fingerprint density at radius 3 is 2.56 bits per heavy atom. The molecule has 0 aliphatic carbocycles. The minimum absolute atomic E-state index is 0.222. The average molecular weight is 357 g/mol. The summed E-state index contributed by atoms with van der Waals surface area (Å²) in [5.74, 6) is 0.834. The van der Waals surface area contributed by atoms with E-state index in [1.165, 1.54) is 0 Å². The van der Waals surface area contributed by atoms with Gasteiger partial charge in [0.2, 0.25) is 11.7 Å². The number of amides is 2. The van der Waals surface area contributed by atoms with Crippen LogP contribution in [-0.4, -0.2) is 27.6 Å². The van der Waals surface area contributed by atoms with Gasteiger partial charge >= 0.3 is 6.03 Å². The number of aromatic nitrogens is 2. The first-order chi connectivity index (χ1) is 12.2. The maximum atomic E-state index is 12.4. The molecule has 0 unspecified atom stereocenters. The highest BCUT2D eigenvalue weighted by molar-refractivity contribution is 6.30. The lowest BCUT2D eigenvalue weighted by Gasteiger charge is -2.19. The molecule has 1 aromatic heterocycles. The number of hydrogen-bond acceptors (Lipinski definition) is 4. The summed E-state index contributed by atoms with van der Waals surface area (Å²) in [5, 5.41) is 7.44. The van der Waals surface area contributed by atoms with Crippen LogP contribution in [-0.2, 0) is 6.54 Å². The first-order valence-corrected chi connectivity index (χ1v) is 8.23. The number of anilines is 1. The number of urea groups is 1. The van der Waals surface area contributed by atoms with Crippen molar-refractivity contribution in [3.63, 3.8) is 0 Å². The summed E-state index contributed by atoms with van der Waals surface area (Å²) in [4.78, 5) is 18.3. The molecular weight excluding hydrogens is 340 g/mol. The number of nitrogens with one attached hydrogen (secondary N) is 1. The molecule has 128 valence electrons. The van der Waals surface area contributed by atoms with Gasteiger partial charge in [0.15, 0.2) is 0 Å². The first-order valence-electron chi connectivity index (χ1n) is 7.85. The first kappa shape index (κ1) is 17.0. The molecule has 1 N–H and O–H groups in total. The Labute approximate surface area is 150 Å². The lowest BCUT2D eigenvalue weighted by atomic mass is 10.2. The average Bonchev–Trinajstić information content (AvgIpc) is 3.09. The number of halogens is 1. The molecule has 0 saturated heterocycles. The van der Waals surface area contributed by atoms with E-state index in [2.05, 4.69) is 15.5 Å². The van der Waals surface area contributed by atoms with E-state index in [0.29, 0.717) is 23.3 Å². The van der Waals surface area contributed by atoms with Crippen molar-refractivity contribution in [1.82, 2.24) is 15.0 Å². The standard InChI is InChI=1S/C18H17ClN4O2/c1-2-23(18(24)20-15-6-4-3-5-7-15)12-16-21-17(22-25-16)13-8-10-14(19)11-9-13/h3-11H,2,12H2,1H3,(H,20,24). The van der Waals surface area contributed by atoms with Crippen LogP contribution in [0.25, 0.3) is 11.4 Å². The second-order valence-electron chi connectivity index (χ2n) is 5.33. The van der Waals surface area contributed by atoms with E-state index in [0.717, 1.165) is 11.3 Å². The Balaban J connectivity index is 1.67. The maximum absolute atomic E-state index is 12.4. The third-order valence-electron chi connectivity index (χ3n) is 3.59. The van der Waals surface area contributed by atoms with E-state index < -0.39 is 0 Å². The van der Waals surface area contributed by atoms with Gasteiger partial charge in [-0.05, 0) is 43.3 Å². The Bertz CT molecular complexity index is 834. The number of para-hydroxylation sites is 1. The summed E-state index contributed by atoms with van der Waals surface area (Å²) in [7, 11) is 0. The highest BCUT2D eigenvalue weighted by Gasteiger charge is 2.17. The zero-order chi connectivity index (χ0) is 17.6. The van der Waals surface area contributed by atoms with Crippen molar-refractivity contribution in [2.24, 2.45) is 0 Å². The molecule has 6 nitrogen and oxygen atoms in total. The smallest absolute Gasteiger partial charge is 0.322 e. The molecular formula is C18H17ClN4O2. The van der Waals surface area contributed by atoms with Gasteiger partial charge in [0.05, 0.1) is 0 Å². The van der Waals surface area contributed by atoms with Gasteiger partial charge in [-0.1, -0.05) is 35.0 Å².